The van der Waals surface area contributed by atoms with Gasteiger partial charge in [0.15, 0.2) is 4.90 Å². The van der Waals surface area contributed by atoms with Crippen LogP contribution in [0.1, 0.15) is 57.4 Å². The van der Waals surface area contributed by atoms with Crippen molar-refractivity contribution in [1.82, 2.24) is 0 Å². The molecular weight excluding hydrogens is 348 g/mol. The van der Waals surface area contributed by atoms with E-state index in [0.29, 0.717) is 12.0 Å². The van der Waals surface area contributed by atoms with Crippen LogP contribution in [0.3, 0.4) is 0 Å². The fourth-order valence-electron chi connectivity index (χ4n) is 2.97. The minimum absolute atomic E-state index is 0.116. The molecule has 0 spiro atoms. The van der Waals surface area contributed by atoms with E-state index in [1.165, 1.54) is 31.7 Å². The van der Waals surface area contributed by atoms with Gasteiger partial charge in [-0.3, -0.25) is 0 Å². The Bertz CT molecular complexity index is 770. The smallest absolute Gasteiger partial charge is 0.343 e. The molecule has 0 aliphatic carbocycles. The molecule has 0 aliphatic rings. The van der Waals surface area contributed by atoms with Crippen molar-refractivity contribution in [3.8, 4) is 11.5 Å². The number of rotatable bonds is 11. The van der Waals surface area contributed by atoms with Gasteiger partial charge in [0.05, 0.1) is 0 Å². The van der Waals surface area contributed by atoms with Gasteiger partial charge in [-0.15, -0.1) is 0 Å². The zero-order valence-electron chi connectivity index (χ0n) is 15.4. The first kappa shape index (κ1) is 20.3. The summed E-state index contributed by atoms with van der Waals surface area (Å²) in [6, 6.07) is 13.2. The molecule has 4 nitrogen and oxygen atoms in total. The normalized spacial score (nSPS) is 11.4. The lowest BCUT2D eigenvalue weighted by Crippen LogP contribution is -2.12. The Labute approximate surface area is 157 Å². The number of hydrogen-bond donors (Lipinski definition) is 1. The first-order chi connectivity index (χ1) is 12.5. The fraction of sp³-hybridized carbons (Fsp3) is 0.429. The van der Waals surface area contributed by atoms with Crippen molar-refractivity contribution in [3.63, 3.8) is 0 Å². The van der Waals surface area contributed by atoms with Gasteiger partial charge in [-0.2, -0.15) is 8.42 Å². The first-order valence-electron chi connectivity index (χ1n) is 9.35. The molecule has 0 aromatic heterocycles. The van der Waals surface area contributed by atoms with Crippen LogP contribution in [0.15, 0.2) is 53.4 Å². The predicted octanol–water partition coefficient (Wildman–Crippen LogP) is 5.45. The fourth-order valence-corrected chi connectivity index (χ4v) is 4.24. The van der Waals surface area contributed by atoms with Gasteiger partial charge in [0.25, 0.3) is 0 Å². The summed E-state index contributed by atoms with van der Waals surface area (Å²) in [5.74, 6) is -0.0287. The van der Waals surface area contributed by atoms with E-state index in [-0.39, 0.29) is 16.4 Å². The lowest BCUT2D eigenvalue weighted by molar-refractivity contribution is 0.442. The molecule has 0 amide bonds. The zero-order valence-corrected chi connectivity index (χ0v) is 16.2. The highest BCUT2D eigenvalue weighted by Crippen LogP contribution is 2.30. The molecule has 26 heavy (non-hydrogen) atoms. The number of hydrogen-bond acceptors (Lipinski definition) is 4. The molecule has 0 unspecified atom stereocenters. The van der Waals surface area contributed by atoms with E-state index < -0.39 is 10.1 Å². The third-order valence-corrected chi connectivity index (χ3v) is 5.71. The Balaban J connectivity index is 2.04. The molecule has 5 heteroatoms. The van der Waals surface area contributed by atoms with E-state index in [1.807, 2.05) is 0 Å². The maximum Gasteiger partial charge on any atom is 0.343 e. The molecule has 0 heterocycles. The van der Waals surface area contributed by atoms with E-state index in [1.54, 1.807) is 42.5 Å². The number of phenolic OH excluding ortho intramolecular Hbond substituents is 1. The van der Waals surface area contributed by atoms with Gasteiger partial charge in [-0.1, -0.05) is 75.8 Å². The summed E-state index contributed by atoms with van der Waals surface area (Å²) in [6.45, 7) is 2.20. The monoisotopic (exact) mass is 376 g/mol. The van der Waals surface area contributed by atoms with Crippen molar-refractivity contribution >= 4 is 10.1 Å². The van der Waals surface area contributed by atoms with Gasteiger partial charge < -0.3 is 9.29 Å². The van der Waals surface area contributed by atoms with Crippen LogP contribution >= 0.6 is 0 Å². The maximum atomic E-state index is 12.7. The van der Waals surface area contributed by atoms with Crippen LogP contribution in [0.25, 0.3) is 0 Å². The van der Waals surface area contributed by atoms with Crippen LogP contribution in [-0.4, -0.2) is 13.5 Å². The molecule has 0 saturated heterocycles. The molecule has 2 rings (SSSR count). The zero-order chi connectivity index (χ0) is 18.8. The highest BCUT2D eigenvalue weighted by Gasteiger charge is 2.24. The van der Waals surface area contributed by atoms with E-state index in [4.69, 9.17) is 4.18 Å². The molecule has 0 fully saturated rings. The summed E-state index contributed by atoms with van der Waals surface area (Å²) in [4.78, 5) is -0.116. The van der Waals surface area contributed by atoms with Crippen molar-refractivity contribution in [2.24, 2.45) is 0 Å². The predicted molar refractivity (Wildman–Crippen MR) is 104 cm³/mol. The van der Waals surface area contributed by atoms with Gasteiger partial charge in [-0.25, -0.2) is 0 Å². The molecule has 2 aromatic rings. The van der Waals surface area contributed by atoms with Crippen LogP contribution in [0, 0.1) is 0 Å². The molecule has 142 valence electrons. The minimum Gasteiger partial charge on any atom is -0.506 e. The van der Waals surface area contributed by atoms with Crippen molar-refractivity contribution < 1.29 is 17.7 Å². The van der Waals surface area contributed by atoms with Gasteiger partial charge >= 0.3 is 10.1 Å². The number of unbranched alkanes of at least 4 members (excludes halogenated alkanes) is 6. The van der Waals surface area contributed by atoms with Crippen molar-refractivity contribution in [2.75, 3.05) is 0 Å². The SMILES string of the molecule is CCCCCCCCCc1cccc(O)c1S(=O)(=O)Oc1ccccc1. The second kappa shape index (κ2) is 10.2. The van der Waals surface area contributed by atoms with E-state index >= 15 is 0 Å². The molecule has 0 saturated carbocycles. The summed E-state index contributed by atoms with van der Waals surface area (Å²) in [5, 5.41) is 10.1. The highest BCUT2D eigenvalue weighted by atomic mass is 32.2. The van der Waals surface area contributed by atoms with Crippen LogP contribution in [0.5, 0.6) is 11.5 Å². The minimum atomic E-state index is -4.08. The Kier molecular flexibility index (Phi) is 7.98. The van der Waals surface area contributed by atoms with Gasteiger partial charge in [-0.05, 0) is 36.6 Å². The molecule has 2 aromatic carbocycles. The number of benzene rings is 2. The van der Waals surface area contributed by atoms with Gasteiger partial charge in [0.2, 0.25) is 0 Å². The molecule has 0 radical (unpaired) electrons. The second-order valence-electron chi connectivity index (χ2n) is 6.49. The summed E-state index contributed by atoms with van der Waals surface area (Å²) in [6.07, 6.45) is 8.68. The van der Waals surface area contributed by atoms with Crippen LogP contribution < -0.4 is 4.18 Å². The molecular formula is C21H28O4S. The first-order valence-corrected chi connectivity index (χ1v) is 10.8. The Morgan fingerprint density at radius 1 is 0.846 bits per heavy atom. The van der Waals surface area contributed by atoms with Crippen LogP contribution in [0.2, 0.25) is 0 Å². The molecule has 0 bridgehead atoms. The van der Waals surface area contributed by atoms with E-state index in [9.17, 15) is 13.5 Å². The molecule has 0 atom stereocenters. The molecule has 1 N–H and O–H groups in total. The quantitative estimate of drug-likeness (QED) is 0.418. The summed E-state index contributed by atoms with van der Waals surface area (Å²) in [7, 11) is -4.08. The van der Waals surface area contributed by atoms with Crippen LogP contribution in [-0.2, 0) is 16.5 Å². The number of aryl methyl sites for hydroxylation is 1. The Hall–Kier alpha value is -2.01. The largest absolute Gasteiger partial charge is 0.506 e. The number of phenols is 1. The summed E-state index contributed by atoms with van der Waals surface area (Å²) < 4.78 is 30.5. The lowest BCUT2D eigenvalue weighted by Gasteiger charge is -2.13. The van der Waals surface area contributed by atoms with E-state index in [2.05, 4.69) is 6.92 Å². The number of para-hydroxylation sites is 1. The van der Waals surface area contributed by atoms with Gasteiger partial charge in [0, 0.05) is 0 Å². The maximum absolute atomic E-state index is 12.7. The lowest BCUT2D eigenvalue weighted by atomic mass is 10.0. The average Bonchev–Trinajstić information content (AvgIpc) is 2.61. The number of aromatic hydroxyl groups is 1. The highest BCUT2D eigenvalue weighted by molar-refractivity contribution is 7.87. The topological polar surface area (TPSA) is 63.6 Å². The third kappa shape index (κ3) is 6.06. The average molecular weight is 377 g/mol. The second-order valence-corrected chi connectivity index (χ2v) is 7.97. The summed E-state index contributed by atoms with van der Waals surface area (Å²) >= 11 is 0. The van der Waals surface area contributed by atoms with Crippen molar-refractivity contribution in [1.29, 1.82) is 0 Å². The Morgan fingerprint density at radius 2 is 1.50 bits per heavy atom. The van der Waals surface area contributed by atoms with Crippen LogP contribution in [0.4, 0.5) is 0 Å². The Morgan fingerprint density at radius 3 is 2.19 bits per heavy atom. The summed E-state index contributed by atoms with van der Waals surface area (Å²) in [5.41, 5.74) is 0.606. The van der Waals surface area contributed by atoms with Crippen molar-refractivity contribution in [2.45, 2.75) is 63.2 Å². The van der Waals surface area contributed by atoms with Crippen molar-refractivity contribution in [3.05, 3.63) is 54.1 Å². The van der Waals surface area contributed by atoms with Gasteiger partial charge in [0.1, 0.15) is 11.5 Å². The van der Waals surface area contributed by atoms with E-state index in [0.717, 1.165) is 19.3 Å². The third-order valence-electron chi connectivity index (χ3n) is 4.32. The molecule has 0 aliphatic heterocycles. The standard InChI is InChI=1S/C21H28O4S/c1-2-3-4-5-6-7-9-13-18-14-12-17-20(22)21(18)26(23,24)25-19-15-10-8-11-16-19/h8,10-12,14-17,22H,2-7,9,13H2,1H3.